The number of primary amides is 1. The number of piperidine rings is 1. The summed E-state index contributed by atoms with van der Waals surface area (Å²) in [5.41, 5.74) is 6.09. The molecule has 0 aromatic heterocycles. The SMILES string of the molecule is CCC1CCN(c2cc(C(F)(F)F)ccc2CCC(C(N)=O)c2ccc(N(C)S(=O)[O-])c(F)c2)CC1. The van der Waals surface area contributed by atoms with Crippen LogP contribution in [-0.4, -0.2) is 34.8 Å². The van der Waals surface area contributed by atoms with Crippen LogP contribution >= 0.6 is 0 Å². The summed E-state index contributed by atoms with van der Waals surface area (Å²) in [6.07, 6.45) is -1.26. The number of amides is 1. The Morgan fingerprint density at radius 3 is 2.42 bits per heavy atom. The number of carbonyl (C=O) groups is 1. The fourth-order valence-corrected chi connectivity index (χ4v) is 4.99. The van der Waals surface area contributed by atoms with Gasteiger partial charge in [0.2, 0.25) is 5.91 Å². The standard InChI is InChI=1S/C25H31F4N3O3S/c1-3-16-10-12-32(13-11-16)23-15-19(25(27,28)29)7-4-17(23)5-8-20(24(30)33)18-6-9-22(21(26)14-18)31(2)36(34)35/h4,6-7,9,14-16,20H,3,5,8,10-13H2,1-2H3,(H2,30,33)(H,34,35)/p-1. The fourth-order valence-electron chi connectivity index (χ4n) is 4.68. The van der Waals surface area contributed by atoms with Crippen molar-refractivity contribution in [2.75, 3.05) is 29.3 Å². The highest BCUT2D eigenvalue weighted by Gasteiger charge is 2.32. The van der Waals surface area contributed by atoms with Crippen LogP contribution in [-0.2, 0) is 28.7 Å². The minimum absolute atomic E-state index is 0.154. The van der Waals surface area contributed by atoms with Gasteiger partial charge in [0.1, 0.15) is 5.82 Å². The molecular formula is C25H30F4N3O3S-. The Bertz CT molecular complexity index is 1100. The predicted octanol–water partition coefficient (Wildman–Crippen LogP) is 4.90. The molecule has 6 nitrogen and oxygen atoms in total. The maximum absolute atomic E-state index is 14.6. The van der Waals surface area contributed by atoms with E-state index in [4.69, 9.17) is 5.73 Å². The number of anilines is 2. The summed E-state index contributed by atoms with van der Waals surface area (Å²) in [7, 11) is 1.18. The van der Waals surface area contributed by atoms with Gasteiger partial charge in [-0.3, -0.25) is 9.00 Å². The molecule has 1 amide bonds. The molecule has 2 aromatic carbocycles. The molecule has 1 aliphatic rings. The third-order valence-corrected chi connectivity index (χ3v) is 7.57. The molecule has 0 radical (unpaired) electrons. The molecule has 2 N–H and O–H groups in total. The minimum Gasteiger partial charge on any atom is -0.755 e. The van der Waals surface area contributed by atoms with Crippen molar-refractivity contribution in [1.82, 2.24) is 0 Å². The van der Waals surface area contributed by atoms with E-state index >= 15 is 0 Å². The highest BCUT2D eigenvalue weighted by Crippen LogP contribution is 2.37. The van der Waals surface area contributed by atoms with E-state index in [1.807, 2.05) is 4.90 Å². The van der Waals surface area contributed by atoms with Crippen LogP contribution in [0.2, 0.25) is 0 Å². The Kier molecular flexibility index (Phi) is 8.99. The maximum atomic E-state index is 14.6. The van der Waals surface area contributed by atoms with Crippen molar-refractivity contribution < 1.29 is 31.1 Å². The average molecular weight is 529 g/mol. The molecule has 2 aromatic rings. The van der Waals surface area contributed by atoms with Crippen molar-refractivity contribution in [3.63, 3.8) is 0 Å². The van der Waals surface area contributed by atoms with Crippen LogP contribution in [0.5, 0.6) is 0 Å². The number of nitrogens with zero attached hydrogens (tertiary/aromatic N) is 2. The summed E-state index contributed by atoms with van der Waals surface area (Å²) < 4.78 is 77.9. The first-order valence-corrected chi connectivity index (χ1v) is 12.8. The second kappa shape index (κ2) is 11.6. The normalized spacial score (nSPS) is 16.6. The van der Waals surface area contributed by atoms with Gasteiger partial charge in [0.05, 0.1) is 17.2 Å². The zero-order valence-corrected chi connectivity index (χ0v) is 21.0. The molecular weight excluding hydrogens is 498 g/mol. The van der Waals surface area contributed by atoms with Gasteiger partial charge in [0, 0.05) is 37.1 Å². The van der Waals surface area contributed by atoms with Gasteiger partial charge >= 0.3 is 6.18 Å². The van der Waals surface area contributed by atoms with E-state index in [0.717, 1.165) is 37.5 Å². The van der Waals surface area contributed by atoms with E-state index < -0.39 is 40.6 Å². The number of hydrogen-bond donors (Lipinski definition) is 1. The van der Waals surface area contributed by atoms with Crippen LogP contribution in [0.4, 0.5) is 28.9 Å². The fraction of sp³-hybridized carbons (Fsp3) is 0.480. The number of carbonyl (C=O) groups excluding carboxylic acids is 1. The highest BCUT2D eigenvalue weighted by atomic mass is 32.2. The Labute approximate surface area is 210 Å². The lowest BCUT2D eigenvalue weighted by molar-refractivity contribution is -0.137. The predicted molar refractivity (Wildman–Crippen MR) is 131 cm³/mol. The lowest BCUT2D eigenvalue weighted by Crippen LogP contribution is -2.34. The number of hydrogen-bond acceptors (Lipinski definition) is 4. The number of rotatable bonds is 9. The summed E-state index contributed by atoms with van der Waals surface area (Å²) >= 11 is -2.68. The number of aryl methyl sites for hydroxylation is 1. The van der Waals surface area contributed by atoms with E-state index in [2.05, 4.69) is 6.92 Å². The lowest BCUT2D eigenvalue weighted by Gasteiger charge is -2.35. The van der Waals surface area contributed by atoms with Crippen LogP contribution in [0, 0.1) is 11.7 Å². The van der Waals surface area contributed by atoms with Gasteiger partial charge in [-0.05, 0) is 67.0 Å². The van der Waals surface area contributed by atoms with Gasteiger partial charge < -0.3 is 19.5 Å². The average Bonchev–Trinajstić information content (AvgIpc) is 2.83. The molecule has 0 bridgehead atoms. The smallest absolute Gasteiger partial charge is 0.416 e. The Balaban J connectivity index is 1.87. The first kappa shape index (κ1) is 27.9. The number of benzene rings is 2. The van der Waals surface area contributed by atoms with E-state index in [0.29, 0.717) is 34.6 Å². The number of halogens is 4. The van der Waals surface area contributed by atoms with Crippen LogP contribution < -0.4 is 14.9 Å². The van der Waals surface area contributed by atoms with Crippen LogP contribution in [0.25, 0.3) is 0 Å². The molecule has 1 heterocycles. The van der Waals surface area contributed by atoms with Crippen molar-refractivity contribution in [3.8, 4) is 0 Å². The zero-order valence-electron chi connectivity index (χ0n) is 20.2. The number of alkyl halides is 3. The van der Waals surface area contributed by atoms with Crippen molar-refractivity contribution >= 4 is 28.5 Å². The van der Waals surface area contributed by atoms with E-state index in [1.54, 1.807) is 0 Å². The topological polar surface area (TPSA) is 89.7 Å². The minimum atomic E-state index is -4.48. The third-order valence-electron chi connectivity index (χ3n) is 6.93. The van der Waals surface area contributed by atoms with Crippen molar-refractivity contribution in [2.24, 2.45) is 11.7 Å². The second-order valence-corrected chi connectivity index (χ2v) is 10.1. The second-order valence-electron chi connectivity index (χ2n) is 9.10. The summed E-state index contributed by atoms with van der Waals surface area (Å²) in [6, 6.07) is 7.37. The van der Waals surface area contributed by atoms with Crippen molar-refractivity contribution in [2.45, 2.75) is 51.1 Å². The third kappa shape index (κ3) is 6.56. The van der Waals surface area contributed by atoms with Crippen LogP contribution in [0.15, 0.2) is 36.4 Å². The quantitative estimate of drug-likeness (QED) is 0.370. The summed E-state index contributed by atoms with van der Waals surface area (Å²) in [6.45, 7) is 3.40. The van der Waals surface area contributed by atoms with Gasteiger partial charge in [-0.25, -0.2) is 4.39 Å². The molecule has 0 aliphatic carbocycles. The molecule has 0 saturated carbocycles. The molecule has 0 spiro atoms. The molecule has 1 fully saturated rings. The Morgan fingerprint density at radius 2 is 1.89 bits per heavy atom. The van der Waals surface area contributed by atoms with Gasteiger partial charge in [0.25, 0.3) is 0 Å². The number of nitrogens with two attached hydrogens (primary N) is 1. The molecule has 1 saturated heterocycles. The van der Waals surface area contributed by atoms with Gasteiger partial charge in [-0.1, -0.05) is 25.5 Å². The Morgan fingerprint density at radius 1 is 1.22 bits per heavy atom. The van der Waals surface area contributed by atoms with E-state index in [1.165, 1.54) is 25.2 Å². The molecule has 1 aliphatic heterocycles. The largest absolute Gasteiger partial charge is 0.755 e. The maximum Gasteiger partial charge on any atom is 0.416 e. The van der Waals surface area contributed by atoms with Crippen molar-refractivity contribution in [1.29, 1.82) is 0 Å². The molecule has 3 rings (SSSR count). The molecule has 11 heteroatoms. The monoisotopic (exact) mass is 528 g/mol. The Hall–Kier alpha value is -2.66. The van der Waals surface area contributed by atoms with Crippen LogP contribution in [0.1, 0.15) is 55.2 Å². The van der Waals surface area contributed by atoms with Gasteiger partial charge in [-0.2, -0.15) is 13.2 Å². The van der Waals surface area contributed by atoms with Crippen LogP contribution in [0.3, 0.4) is 0 Å². The first-order chi connectivity index (χ1) is 16.9. The lowest BCUT2D eigenvalue weighted by atomic mass is 9.89. The summed E-state index contributed by atoms with van der Waals surface area (Å²) in [5.74, 6) is -1.90. The molecule has 198 valence electrons. The van der Waals surface area contributed by atoms with E-state index in [9.17, 15) is 31.1 Å². The molecule has 36 heavy (non-hydrogen) atoms. The summed E-state index contributed by atoms with van der Waals surface area (Å²) in [5, 5.41) is 0. The van der Waals surface area contributed by atoms with E-state index in [-0.39, 0.29) is 24.1 Å². The van der Waals surface area contributed by atoms with Gasteiger partial charge in [0.15, 0.2) is 0 Å². The zero-order chi connectivity index (χ0) is 26.6. The van der Waals surface area contributed by atoms with Crippen molar-refractivity contribution in [3.05, 3.63) is 58.9 Å². The molecule has 2 unspecified atom stereocenters. The molecule has 2 atom stereocenters. The summed E-state index contributed by atoms with van der Waals surface area (Å²) in [4.78, 5) is 14.2. The highest BCUT2D eigenvalue weighted by molar-refractivity contribution is 7.80. The first-order valence-electron chi connectivity index (χ1n) is 11.8. The van der Waals surface area contributed by atoms with Gasteiger partial charge in [-0.15, -0.1) is 0 Å².